The Morgan fingerprint density at radius 3 is 2.41 bits per heavy atom. The first kappa shape index (κ1) is 25.0. The summed E-state index contributed by atoms with van der Waals surface area (Å²) in [5.74, 6) is -1.35. The molecule has 1 heterocycles. The minimum Gasteiger partial charge on any atom is -0.329 e. The second kappa shape index (κ2) is 11.5. The maximum atomic E-state index is 13.7. The topological polar surface area (TPSA) is 91.4 Å². The smallest absolute Gasteiger partial charge is 0.254 e. The molecule has 0 fully saturated rings. The summed E-state index contributed by atoms with van der Waals surface area (Å²) in [7, 11) is 0. The molecular weight excluding hydrogens is 455 g/mol. The number of thiazole rings is 1. The predicted octanol–water partition coefficient (Wildman–Crippen LogP) is 4.51. The summed E-state index contributed by atoms with van der Waals surface area (Å²) in [6.07, 6.45) is -0.0634. The Balaban J connectivity index is 1.58. The van der Waals surface area contributed by atoms with Crippen molar-refractivity contribution >= 4 is 39.9 Å². The molecule has 178 valence electrons. The molecular formula is C25H27FN4O3S. The third-order valence-electron chi connectivity index (χ3n) is 4.79. The zero-order valence-electron chi connectivity index (χ0n) is 19.3. The summed E-state index contributed by atoms with van der Waals surface area (Å²) >= 11 is 1.18. The second-order valence-electron chi connectivity index (χ2n) is 8.34. The van der Waals surface area contributed by atoms with Crippen LogP contribution >= 0.6 is 11.3 Å². The fourth-order valence-electron chi connectivity index (χ4n) is 3.24. The molecule has 34 heavy (non-hydrogen) atoms. The van der Waals surface area contributed by atoms with Crippen molar-refractivity contribution in [1.29, 1.82) is 0 Å². The van der Waals surface area contributed by atoms with Gasteiger partial charge in [0.1, 0.15) is 12.4 Å². The number of carbonyl (C=O) groups is 3. The van der Waals surface area contributed by atoms with Crippen LogP contribution in [0.25, 0.3) is 0 Å². The van der Waals surface area contributed by atoms with Gasteiger partial charge in [-0.2, -0.15) is 0 Å². The monoisotopic (exact) mass is 482 g/mol. The van der Waals surface area contributed by atoms with E-state index >= 15 is 0 Å². The highest BCUT2D eigenvalue weighted by atomic mass is 32.1. The van der Waals surface area contributed by atoms with E-state index in [4.69, 9.17) is 0 Å². The largest absolute Gasteiger partial charge is 0.329 e. The van der Waals surface area contributed by atoms with E-state index in [1.807, 2.05) is 32.9 Å². The van der Waals surface area contributed by atoms with Gasteiger partial charge in [0.15, 0.2) is 5.13 Å². The van der Waals surface area contributed by atoms with Gasteiger partial charge in [-0.15, -0.1) is 11.3 Å². The van der Waals surface area contributed by atoms with Crippen molar-refractivity contribution in [2.24, 2.45) is 5.92 Å². The molecule has 7 nitrogen and oxygen atoms in total. The molecule has 0 aliphatic rings. The molecule has 3 rings (SSSR count). The Morgan fingerprint density at radius 1 is 1.03 bits per heavy atom. The Kier molecular flexibility index (Phi) is 8.48. The Hall–Kier alpha value is -3.59. The first-order valence-electron chi connectivity index (χ1n) is 10.9. The third-order valence-corrected chi connectivity index (χ3v) is 5.60. The van der Waals surface area contributed by atoms with Gasteiger partial charge < -0.3 is 15.5 Å². The molecule has 0 unspecified atom stereocenters. The van der Waals surface area contributed by atoms with E-state index in [2.05, 4.69) is 15.6 Å². The van der Waals surface area contributed by atoms with Crippen LogP contribution in [-0.4, -0.2) is 40.7 Å². The molecule has 3 aromatic rings. The molecule has 0 bridgehead atoms. The van der Waals surface area contributed by atoms with Gasteiger partial charge in [-0.1, -0.05) is 43.7 Å². The Labute approximate surface area is 202 Å². The van der Waals surface area contributed by atoms with Crippen molar-refractivity contribution in [3.63, 3.8) is 0 Å². The maximum Gasteiger partial charge on any atom is 0.254 e. The van der Waals surface area contributed by atoms with Gasteiger partial charge in [-0.05, 0) is 37.1 Å². The van der Waals surface area contributed by atoms with Gasteiger partial charge in [-0.25, -0.2) is 9.37 Å². The zero-order chi connectivity index (χ0) is 24.7. The lowest BCUT2D eigenvalue weighted by Gasteiger charge is -2.24. The van der Waals surface area contributed by atoms with Gasteiger partial charge >= 0.3 is 0 Å². The molecule has 0 saturated heterocycles. The van der Waals surface area contributed by atoms with Gasteiger partial charge in [0.2, 0.25) is 11.8 Å². The van der Waals surface area contributed by atoms with Crippen LogP contribution < -0.4 is 10.6 Å². The molecule has 3 amide bonds. The molecule has 0 radical (unpaired) electrons. The van der Waals surface area contributed by atoms with Crippen LogP contribution in [0.5, 0.6) is 0 Å². The summed E-state index contributed by atoms with van der Waals surface area (Å²) in [6, 6.07) is 13.1. The molecule has 0 saturated carbocycles. The lowest BCUT2D eigenvalue weighted by atomic mass is 10.1. The molecule has 9 heteroatoms. The normalized spacial score (nSPS) is 10.7. The Bertz CT molecular complexity index is 1160. The van der Waals surface area contributed by atoms with Crippen LogP contribution in [-0.2, 0) is 16.0 Å². The van der Waals surface area contributed by atoms with Crippen molar-refractivity contribution in [3.05, 3.63) is 76.5 Å². The van der Waals surface area contributed by atoms with Crippen LogP contribution in [0.1, 0.15) is 35.5 Å². The summed E-state index contributed by atoms with van der Waals surface area (Å²) in [5, 5.41) is 7.18. The number of anilines is 2. The molecule has 0 spiro atoms. The third kappa shape index (κ3) is 7.21. The van der Waals surface area contributed by atoms with Gasteiger partial charge in [0, 0.05) is 17.5 Å². The number of hydrogen-bond donors (Lipinski definition) is 2. The molecule has 1 aromatic heterocycles. The fourth-order valence-corrected chi connectivity index (χ4v) is 3.96. The highest BCUT2D eigenvalue weighted by Gasteiger charge is 2.21. The van der Waals surface area contributed by atoms with Crippen molar-refractivity contribution < 1.29 is 18.8 Å². The molecule has 0 aliphatic carbocycles. The van der Waals surface area contributed by atoms with E-state index in [9.17, 15) is 18.8 Å². The Morgan fingerprint density at radius 2 is 1.74 bits per heavy atom. The van der Waals surface area contributed by atoms with Gasteiger partial charge in [0.05, 0.1) is 17.8 Å². The van der Waals surface area contributed by atoms with Crippen LogP contribution in [0.3, 0.4) is 0 Å². The van der Waals surface area contributed by atoms with Crippen molar-refractivity contribution in [1.82, 2.24) is 9.88 Å². The van der Waals surface area contributed by atoms with Crippen molar-refractivity contribution in [2.45, 2.75) is 27.2 Å². The minimum atomic E-state index is -0.520. The number of para-hydroxylation sites is 1. The summed E-state index contributed by atoms with van der Waals surface area (Å²) < 4.78 is 13.7. The summed E-state index contributed by atoms with van der Waals surface area (Å²) in [4.78, 5) is 43.6. The van der Waals surface area contributed by atoms with E-state index in [0.717, 1.165) is 5.56 Å². The standard InChI is InChI=1S/C25H27FN4O3S/c1-16(2)13-30(24(33)18-10-8-17(3)9-11-18)14-23(32)29-25-27-19(15-34-25)12-22(31)28-21-7-5-4-6-20(21)26/h4-11,15-16H,12-14H2,1-3H3,(H,28,31)(H,27,29,32). The van der Waals surface area contributed by atoms with E-state index in [1.54, 1.807) is 23.6 Å². The SMILES string of the molecule is Cc1ccc(C(=O)N(CC(=O)Nc2nc(CC(=O)Nc3ccccc3F)cs2)CC(C)C)cc1. The number of aryl methyl sites for hydroxylation is 1. The molecule has 0 atom stereocenters. The number of aromatic nitrogens is 1. The number of carbonyl (C=O) groups excluding carboxylic acids is 3. The summed E-state index contributed by atoms with van der Waals surface area (Å²) in [6.45, 7) is 6.21. The average Bonchev–Trinajstić information content (AvgIpc) is 3.21. The number of halogens is 1. The maximum absolute atomic E-state index is 13.7. The number of benzene rings is 2. The minimum absolute atomic E-state index is 0.0634. The van der Waals surface area contributed by atoms with Crippen LogP contribution in [0, 0.1) is 18.7 Å². The van der Waals surface area contributed by atoms with Crippen molar-refractivity contribution in [3.8, 4) is 0 Å². The highest BCUT2D eigenvalue weighted by molar-refractivity contribution is 7.13. The van der Waals surface area contributed by atoms with E-state index < -0.39 is 11.7 Å². The highest BCUT2D eigenvalue weighted by Crippen LogP contribution is 2.18. The zero-order valence-corrected chi connectivity index (χ0v) is 20.1. The average molecular weight is 483 g/mol. The second-order valence-corrected chi connectivity index (χ2v) is 9.20. The quantitative estimate of drug-likeness (QED) is 0.470. The first-order chi connectivity index (χ1) is 16.2. The number of nitrogens with zero attached hydrogens (tertiary/aromatic N) is 2. The first-order valence-corrected chi connectivity index (χ1v) is 11.7. The molecule has 2 N–H and O–H groups in total. The number of amides is 3. The number of nitrogens with one attached hydrogen (secondary N) is 2. The van der Waals surface area contributed by atoms with E-state index in [0.29, 0.717) is 22.9 Å². The van der Waals surface area contributed by atoms with E-state index in [1.165, 1.54) is 34.4 Å². The van der Waals surface area contributed by atoms with Crippen LogP contribution in [0.15, 0.2) is 53.9 Å². The molecule has 2 aromatic carbocycles. The van der Waals surface area contributed by atoms with Crippen molar-refractivity contribution in [2.75, 3.05) is 23.7 Å². The number of hydrogen-bond acceptors (Lipinski definition) is 5. The molecule has 0 aliphatic heterocycles. The van der Waals surface area contributed by atoms with Crippen LogP contribution in [0.4, 0.5) is 15.2 Å². The van der Waals surface area contributed by atoms with Crippen LogP contribution in [0.2, 0.25) is 0 Å². The number of rotatable bonds is 9. The van der Waals surface area contributed by atoms with Gasteiger partial charge in [0.25, 0.3) is 5.91 Å². The lowest BCUT2D eigenvalue weighted by molar-refractivity contribution is -0.117. The van der Waals surface area contributed by atoms with Gasteiger partial charge in [-0.3, -0.25) is 14.4 Å². The fraction of sp³-hybridized carbons (Fsp3) is 0.280. The lowest BCUT2D eigenvalue weighted by Crippen LogP contribution is -2.40. The predicted molar refractivity (Wildman–Crippen MR) is 131 cm³/mol. The summed E-state index contributed by atoms with van der Waals surface area (Å²) in [5.41, 5.74) is 2.12. The van der Waals surface area contributed by atoms with E-state index in [-0.39, 0.29) is 36.4 Å².